The summed E-state index contributed by atoms with van der Waals surface area (Å²) >= 11 is 5.61. The normalized spacial score (nSPS) is 12.9. The molecule has 1 atom stereocenters. The summed E-state index contributed by atoms with van der Waals surface area (Å²) in [6, 6.07) is 3.71. The smallest absolute Gasteiger partial charge is 0.317 e. The Bertz CT molecular complexity index is 506. The number of carbonyl (C=O) groups excluding carboxylic acids is 2. The third-order valence-corrected chi connectivity index (χ3v) is 2.59. The predicted molar refractivity (Wildman–Crippen MR) is 70.7 cm³/mol. The van der Waals surface area contributed by atoms with E-state index in [1.54, 1.807) is 20.8 Å². The second kappa shape index (κ2) is 5.70. The maximum atomic E-state index is 13.6. The second-order valence-electron chi connectivity index (χ2n) is 5.24. The van der Waals surface area contributed by atoms with Crippen LogP contribution in [0.25, 0.3) is 0 Å². The van der Waals surface area contributed by atoms with Crippen molar-refractivity contribution in [3.63, 3.8) is 0 Å². The highest BCUT2D eigenvalue weighted by molar-refractivity contribution is 6.30. The van der Waals surface area contributed by atoms with Crippen LogP contribution in [0.15, 0.2) is 18.2 Å². The lowest BCUT2D eigenvalue weighted by molar-refractivity contribution is -0.157. The quantitative estimate of drug-likeness (QED) is 0.484. The van der Waals surface area contributed by atoms with Gasteiger partial charge in [-0.1, -0.05) is 11.6 Å². The number of esters is 1. The summed E-state index contributed by atoms with van der Waals surface area (Å²) in [4.78, 5) is 23.8. The zero-order chi connectivity index (χ0) is 14.8. The molecule has 0 spiro atoms. The fraction of sp³-hybridized carbons (Fsp3) is 0.429. The summed E-state index contributed by atoms with van der Waals surface area (Å²) < 4.78 is 18.7. The van der Waals surface area contributed by atoms with E-state index < -0.39 is 29.1 Å². The first-order valence-corrected chi connectivity index (χ1v) is 6.22. The van der Waals surface area contributed by atoms with Crippen molar-refractivity contribution in [3.8, 4) is 0 Å². The van der Waals surface area contributed by atoms with Gasteiger partial charge in [-0.15, -0.1) is 0 Å². The fourth-order valence-electron chi connectivity index (χ4n) is 1.42. The first kappa shape index (κ1) is 15.6. The molecule has 0 aliphatic rings. The van der Waals surface area contributed by atoms with Gasteiger partial charge in [0.1, 0.15) is 17.3 Å². The number of ether oxygens (including phenoxy) is 1. The zero-order valence-electron chi connectivity index (χ0n) is 11.3. The molecule has 0 fully saturated rings. The van der Waals surface area contributed by atoms with E-state index in [9.17, 15) is 14.0 Å². The molecular formula is C14H16ClFO3. The predicted octanol–water partition coefficient (Wildman–Crippen LogP) is 3.64. The monoisotopic (exact) mass is 286 g/mol. The molecule has 1 aromatic rings. The maximum Gasteiger partial charge on any atom is 0.317 e. The SMILES string of the molecule is CC(C(=O)OC(C)(C)C)C(=O)c1ccc(Cl)cc1F. The molecule has 104 valence electrons. The van der Waals surface area contributed by atoms with Crippen LogP contribution in [0.3, 0.4) is 0 Å². The van der Waals surface area contributed by atoms with Crippen LogP contribution in [0.1, 0.15) is 38.1 Å². The van der Waals surface area contributed by atoms with Crippen LogP contribution in [0.4, 0.5) is 4.39 Å². The summed E-state index contributed by atoms with van der Waals surface area (Å²) in [7, 11) is 0. The average molecular weight is 287 g/mol. The van der Waals surface area contributed by atoms with Crippen LogP contribution in [-0.4, -0.2) is 17.4 Å². The van der Waals surface area contributed by atoms with Crippen LogP contribution in [0.5, 0.6) is 0 Å². The molecule has 1 aromatic carbocycles. The first-order valence-electron chi connectivity index (χ1n) is 5.84. The van der Waals surface area contributed by atoms with Gasteiger partial charge in [0, 0.05) is 5.02 Å². The highest BCUT2D eigenvalue weighted by atomic mass is 35.5. The van der Waals surface area contributed by atoms with Crippen LogP contribution >= 0.6 is 11.6 Å². The van der Waals surface area contributed by atoms with Gasteiger partial charge < -0.3 is 4.74 Å². The summed E-state index contributed by atoms with van der Waals surface area (Å²) in [5.74, 6) is -3.10. The Morgan fingerprint density at radius 1 is 1.32 bits per heavy atom. The molecule has 3 nitrogen and oxygen atoms in total. The van der Waals surface area contributed by atoms with Gasteiger partial charge in [-0.25, -0.2) is 4.39 Å². The van der Waals surface area contributed by atoms with Gasteiger partial charge in [0.05, 0.1) is 5.56 Å². The van der Waals surface area contributed by atoms with E-state index in [1.807, 2.05) is 0 Å². The van der Waals surface area contributed by atoms with Crippen molar-refractivity contribution in [1.82, 2.24) is 0 Å². The van der Waals surface area contributed by atoms with Crippen molar-refractivity contribution in [1.29, 1.82) is 0 Å². The Kier molecular flexibility index (Phi) is 4.69. The minimum atomic E-state index is -1.06. The number of benzene rings is 1. The van der Waals surface area contributed by atoms with Crippen molar-refractivity contribution < 1.29 is 18.7 Å². The van der Waals surface area contributed by atoms with E-state index in [0.717, 1.165) is 6.07 Å². The van der Waals surface area contributed by atoms with E-state index >= 15 is 0 Å². The van der Waals surface area contributed by atoms with Crippen molar-refractivity contribution in [2.45, 2.75) is 33.3 Å². The van der Waals surface area contributed by atoms with Crippen LogP contribution in [-0.2, 0) is 9.53 Å². The standard InChI is InChI=1S/C14H16ClFO3/c1-8(13(18)19-14(2,3)4)12(17)10-6-5-9(15)7-11(10)16/h5-8H,1-4H3. The lowest BCUT2D eigenvalue weighted by Crippen LogP contribution is -2.31. The number of rotatable bonds is 3. The van der Waals surface area contributed by atoms with E-state index in [0.29, 0.717) is 0 Å². The van der Waals surface area contributed by atoms with Gasteiger partial charge in [0.25, 0.3) is 0 Å². The Hall–Kier alpha value is -1.42. The molecular weight excluding hydrogens is 271 g/mol. The summed E-state index contributed by atoms with van der Waals surface area (Å²) in [6.07, 6.45) is 0. The summed E-state index contributed by atoms with van der Waals surface area (Å²) in [5.41, 5.74) is -0.854. The fourth-order valence-corrected chi connectivity index (χ4v) is 1.58. The first-order chi connectivity index (χ1) is 8.61. The molecule has 1 unspecified atom stereocenters. The maximum absolute atomic E-state index is 13.6. The van der Waals surface area contributed by atoms with Crippen LogP contribution < -0.4 is 0 Å². The zero-order valence-corrected chi connectivity index (χ0v) is 12.0. The van der Waals surface area contributed by atoms with Gasteiger partial charge in [0.15, 0.2) is 5.78 Å². The molecule has 0 amide bonds. The van der Waals surface area contributed by atoms with Crippen LogP contribution in [0.2, 0.25) is 5.02 Å². The molecule has 0 radical (unpaired) electrons. The topological polar surface area (TPSA) is 43.4 Å². The van der Waals surface area contributed by atoms with Crippen molar-refractivity contribution in [2.75, 3.05) is 0 Å². The molecule has 0 heterocycles. The minimum absolute atomic E-state index is 0.164. The van der Waals surface area contributed by atoms with E-state index in [2.05, 4.69) is 0 Å². The number of hydrogen-bond acceptors (Lipinski definition) is 3. The number of halogens is 2. The van der Waals surface area contributed by atoms with Gasteiger partial charge in [0.2, 0.25) is 0 Å². The van der Waals surface area contributed by atoms with Crippen molar-refractivity contribution in [2.24, 2.45) is 5.92 Å². The molecule has 0 N–H and O–H groups in total. The molecule has 0 aromatic heterocycles. The molecule has 0 saturated heterocycles. The minimum Gasteiger partial charge on any atom is -0.459 e. The van der Waals surface area contributed by atoms with E-state index in [4.69, 9.17) is 16.3 Å². The second-order valence-corrected chi connectivity index (χ2v) is 5.68. The summed E-state index contributed by atoms with van der Waals surface area (Å²) in [6.45, 7) is 6.49. The van der Waals surface area contributed by atoms with E-state index in [-0.39, 0.29) is 10.6 Å². The molecule has 0 bridgehead atoms. The number of carbonyl (C=O) groups is 2. The molecule has 19 heavy (non-hydrogen) atoms. The lowest BCUT2D eigenvalue weighted by Gasteiger charge is -2.21. The van der Waals surface area contributed by atoms with Gasteiger partial charge >= 0.3 is 5.97 Å². The highest BCUT2D eigenvalue weighted by Gasteiger charge is 2.29. The number of ketones is 1. The van der Waals surface area contributed by atoms with Crippen molar-refractivity contribution >= 4 is 23.4 Å². The highest BCUT2D eigenvalue weighted by Crippen LogP contribution is 2.20. The summed E-state index contributed by atoms with van der Waals surface area (Å²) in [5, 5.41) is 0.193. The molecule has 0 aliphatic carbocycles. The lowest BCUT2D eigenvalue weighted by atomic mass is 9.99. The third kappa shape index (κ3) is 4.31. The Balaban J connectivity index is 2.91. The molecule has 1 rings (SSSR count). The Morgan fingerprint density at radius 3 is 2.37 bits per heavy atom. The third-order valence-electron chi connectivity index (χ3n) is 2.35. The van der Waals surface area contributed by atoms with Gasteiger partial charge in [-0.2, -0.15) is 0 Å². The van der Waals surface area contributed by atoms with E-state index in [1.165, 1.54) is 19.1 Å². The Labute approximate surface area is 116 Å². The Morgan fingerprint density at radius 2 is 1.89 bits per heavy atom. The number of Topliss-reactive ketones (excluding diaryl/α,β-unsaturated/α-hetero) is 1. The average Bonchev–Trinajstić information content (AvgIpc) is 2.24. The number of hydrogen-bond donors (Lipinski definition) is 0. The largest absolute Gasteiger partial charge is 0.459 e. The van der Waals surface area contributed by atoms with Gasteiger partial charge in [-0.3, -0.25) is 9.59 Å². The molecule has 5 heteroatoms. The van der Waals surface area contributed by atoms with Crippen molar-refractivity contribution in [3.05, 3.63) is 34.6 Å². The van der Waals surface area contributed by atoms with Gasteiger partial charge in [-0.05, 0) is 45.9 Å². The van der Waals surface area contributed by atoms with Crippen LogP contribution in [0, 0.1) is 11.7 Å². The molecule has 0 saturated carbocycles. The molecule has 0 aliphatic heterocycles.